The van der Waals surface area contributed by atoms with E-state index >= 15 is 0 Å². The summed E-state index contributed by atoms with van der Waals surface area (Å²) in [5.74, 6) is 0.844. The molecule has 0 radical (unpaired) electrons. The first kappa shape index (κ1) is 15.8. The highest BCUT2D eigenvalue weighted by Gasteiger charge is 2.27. The Kier molecular flexibility index (Phi) is 5.14. The normalized spacial score (nSPS) is 22.3. The van der Waals surface area contributed by atoms with Gasteiger partial charge in [0.2, 0.25) is 6.10 Å². The van der Waals surface area contributed by atoms with E-state index in [2.05, 4.69) is 16.2 Å². The van der Waals surface area contributed by atoms with E-state index in [9.17, 15) is 4.79 Å². The molecule has 2 unspecified atom stereocenters. The summed E-state index contributed by atoms with van der Waals surface area (Å²) in [6.07, 6.45) is 1.55. The van der Waals surface area contributed by atoms with Crippen LogP contribution in [0.15, 0.2) is 24.3 Å². The van der Waals surface area contributed by atoms with Crippen molar-refractivity contribution in [1.29, 1.82) is 0 Å². The maximum Gasteiger partial charge on any atom is 0.283 e. The predicted octanol–water partition coefficient (Wildman–Crippen LogP) is 0.501. The Morgan fingerprint density at radius 1 is 1.26 bits per heavy atom. The van der Waals surface area contributed by atoms with E-state index in [0.29, 0.717) is 23.2 Å². The summed E-state index contributed by atoms with van der Waals surface area (Å²) in [7, 11) is 0. The zero-order chi connectivity index (χ0) is 16.1. The maximum atomic E-state index is 12.1. The fourth-order valence-corrected chi connectivity index (χ4v) is 2.54. The third kappa shape index (κ3) is 4.23. The zero-order valence-electron chi connectivity index (χ0n) is 12.5. The number of thiocarbonyl (C=S) groups is 1. The lowest BCUT2D eigenvalue weighted by atomic mass is 10.2. The molecule has 0 bridgehead atoms. The van der Waals surface area contributed by atoms with Crippen LogP contribution in [0.4, 0.5) is 0 Å². The van der Waals surface area contributed by atoms with E-state index in [1.807, 2.05) is 12.1 Å². The number of hydrazine groups is 1. The number of benzene rings is 1. The monoisotopic (exact) mass is 337 g/mol. The molecular weight excluding hydrogens is 318 g/mol. The summed E-state index contributed by atoms with van der Waals surface area (Å²) in [4.78, 5) is 12.1. The van der Waals surface area contributed by atoms with E-state index in [4.69, 9.17) is 26.4 Å². The second kappa shape index (κ2) is 7.47. The summed E-state index contributed by atoms with van der Waals surface area (Å²) in [6.45, 7) is 1.57. The smallest absolute Gasteiger partial charge is 0.283 e. The molecule has 0 spiro atoms. The van der Waals surface area contributed by atoms with E-state index < -0.39 is 6.10 Å². The third-order valence-corrected chi connectivity index (χ3v) is 3.86. The van der Waals surface area contributed by atoms with Crippen molar-refractivity contribution in [1.82, 2.24) is 16.2 Å². The van der Waals surface area contributed by atoms with Gasteiger partial charge in [0.15, 0.2) is 16.6 Å². The molecule has 1 saturated heterocycles. The quantitative estimate of drug-likeness (QED) is 0.547. The molecule has 1 amide bonds. The molecule has 23 heavy (non-hydrogen) atoms. The van der Waals surface area contributed by atoms with Crippen molar-refractivity contribution in [2.75, 3.05) is 19.8 Å². The van der Waals surface area contributed by atoms with Crippen LogP contribution in [0.2, 0.25) is 0 Å². The SMILES string of the molecule is O=C(NNC(=S)NCC1CCCO1)C1COc2ccccc2O1. The summed E-state index contributed by atoms with van der Waals surface area (Å²) in [5.41, 5.74) is 5.18. The lowest BCUT2D eigenvalue weighted by Crippen LogP contribution is -2.53. The average molecular weight is 337 g/mol. The average Bonchev–Trinajstić information content (AvgIpc) is 3.11. The summed E-state index contributed by atoms with van der Waals surface area (Å²) >= 11 is 5.11. The van der Waals surface area contributed by atoms with Crippen LogP contribution in [-0.2, 0) is 9.53 Å². The Morgan fingerprint density at radius 2 is 2.09 bits per heavy atom. The minimum Gasteiger partial charge on any atom is -0.485 e. The number of rotatable bonds is 3. The van der Waals surface area contributed by atoms with Crippen molar-refractivity contribution in [3.05, 3.63) is 24.3 Å². The Morgan fingerprint density at radius 3 is 2.87 bits per heavy atom. The van der Waals surface area contributed by atoms with Crippen LogP contribution in [0.3, 0.4) is 0 Å². The molecule has 0 saturated carbocycles. The van der Waals surface area contributed by atoms with Gasteiger partial charge < -0.3 is 19.5 Å². The van der Waals surface area contributed by atoms with Crippen LogP contribution in [0.5, 0.6) is 11.5 Å². The van der Waals surface area contributed by atoms with Crippen molar-refractivity contribution >= 4 is 23.2 Å². The standard InChI is InChI=1S/C15H19N3O4S/c19-14(13-9-21-11-5-1-2-6-12(11)22-13)17-18-15(23)16-8-10-4-3-7-20-10/h1-2,5-6,10,13H,3-4,7-9H2,(H,17,19)(H2,16,18,23). The molecule has 124 valence electrons. The van der Waals surface area contributed by atoms with Gasteiger partial charge in [-0.3, -0.25) is 15.6 Å². The number of fused-ring (bicyclic) bond motifs is 1. The van der Waals surface area contributed by atoms with Gasteiger partial charge >= 0.3 is 0 Å². The van der Waals surface area contributed by atoms with Gasteiger partial charge in [-0.05, 0) is 37.2 Å². The molecule has 2 atom stereocenters. The van der Waals surface area contributed by atoms with Crippen LogP contribution < -0.4 is 25.6 Å². The van der Waals surface area contributed by atoms with Crippen LogP contribution >= 0.6 is 12.2 Å². The molecule has 8 heteroatoms. The first-order chi connectivity index (χ1) is 11.2. The molecule has 2 aliphatic rings. The molecule has 3 N–H and O–H groups in total. The lowest BCUT2D eigenvalue weighted by molar-refractivity contribution is -0.130. The number of nitrogens with one attached hydrogen (secondary N) is 3. The molecule has 0 aliphatic carbocycles. The molecule has 2 heterocycles. The minimum absolute atomic E-state index is 0.153. The second-order valence-corrected chi connectivity index (χ2v) is 5.73. The summed E-state index contributed by atoms with van der Waals surface area (Å²) in [6, 6.07) is 7.23. The Bertz CT molecular complexity index is 578. The minimum atomic E-state index is -0.724. The van der Waals surface area contributed by atoms with Gasteiger partial charge in [0.05, 0.1) is 6.10 Å². The highest BCUT2D eigenvalue weighted by Crippen LogP contribution is 2.30. The van der Waals surface area contributed by atoms with Gasteiger partial charge in [-0.25, -0.2) is 0 Å². The first-order valence-electron chi connectivity index (χ1n) is 7.56. The van der Waals surface area contributed by atoms with E-state index in [0.717, 1.165) is 19.4 Å². The molecule has 1 aromatic rings. The van der Waals surface area contributed by atoms with E-state index in [1.165, 1.54) is 0 Å². The second-order valence-electron chi connectivity index (χ2n) is 5.32. The predicted molar refractivity (Wildman–Crippen MR) is 87.2 cm³/mol. The molecule has 1 aromatic carbocycles. The Hall–Kier alpha value is -2.06. The largest absolute Gasteiger partial charge is 0.485 e. The van der Waals surface area contributed by atoms with Gasteiger partial charge in [0, 0.05) is 13.2 Å². The summed E-state index contributed by atoms with van der Waals surface area (Å²) in [5, 5.41) is 3.35. The number of hydrogen-bond donors (Lipinski definition) is 3. The van der Waals surface area contributed by atoms with Crippen molar-refractivity contribution in [3.8, 4) is 11.5 Å². The number of carbonyl (C=O) groups is 1. The molecule has 2 aliphatic heterocycles. The molecule has 1 fully saturated rings. The van der Waals surface area contributed by atoms with Crippen LogP contribution in [-0.4, -0.2) is 43.0 Å². The Labute approximate surface area is 139 Å². The van der Waals surface area contributed by atoms with Crippen LogP contribution in [0.25, 0.3) is 0 Å². The van der Waals surface area contributed by atoms with Crippen molar-refractivity contribution in [2.24, 2.45) is 0 Å². The number of carbonyl (C=O) groups excluding carboxylic acids is 1. The number of para-hydroxylation sites is 2. The highest BCUT2D eigenvalue weighted by atomic mass is 32.1. The van der Waals surface area contributed by atoms with Crippen LogP contribution in [0.1, 0.15) is 12.8 Å². The first-order valence-corrected chi connectivity index (χ1v) is 7.97. The third-order valence-electron chi connectivity index (χ3n) is 3.61. The van der Waals surface area contributed by atoms with Crippen molar-refractivity contribution in [2.45, 2.75) is 25.0 Å². The Balaban J connectivity index is 1.40. The molecule has 7 nitrogen and oxygen atoms in total. The van der Waals surface area contributed by atoms with Gasteiger partial charge in [0.1, 0.15) is 6.61 Å². The maximum absolute atomic E-state index is 12.1. The lowest BCUT2D eigenvalue weighted by Gasteiger charge is -2.25. The summed E-state index contributed by atoms with van der Waals surface area (Å²) < 4.78 is 16.6. The molecule has 3 rings (SSSR count). The fraction of sp³-hybridized carbons (Fsp3) is 0.467. The molecule has 0 aromatic heterocycles. The van der Waals surface area contributed by atoms with Gasteiger partial charge in [-0.2, -0.15) is 0 Å². The van der Waals surface area contributed by atoms with Gasteiger partial charge in [0.25, 0.3) is 5.91 Å². The van der Waals surface area contributed by atoms with Gasteiger partial charge in [-0.15, -0.1) is 0 Å². The molecular formula is C15H19N3O4S. The van der Waals surface area contributed by atoms with Crippen molar-refractivity contribution in [3.63, 3.8) is 0 Å². The van der Waals surface area contributed by atoms with Crippen molar-refractivity contribution < 1.29 is 19.0 Å². The van der Waals surface area contributed by atoms with E-state index in [1.54, 1.807) is 12.1 Å². The zero-order valence-corrected chi connectivity index (χ0v) is 13.4. The number of amides is 1. The number of ether oxygens (including phenoxy) is 3. The van der Waals surface area contributed by atoms with Crippen LogP contribution in [0, 0.1) is 0 Å². The number of hydrogen-bond acceptors (Lipinski definition) is 5. The van der Waals surface area contributed by atoms with Gasteiger partial charge in [-0.1, -0.05) is 12.1 Å². The highest BCUT2D eigenvalue weighted by molar-refractivity contribution is 7.80. The van der Waals surface area contributed by atoms with E-state index in [-0.39, 0.29) is 18.6 Å². The topological polar surface area (TPSA) is 80.9 Å². The fourth-order valence-electron chi connectivity index (χ4n) is 2.40.